The average molecular weight is 461 g/mol. The lowest BCUT2D eigenvalue weighted by molar-refractivity contribution is -0.00170. The summed E-state index contributed by atoms with van der Waals surface area (Å²) in [6.45, 7) is 2.25. The second-order valence-corrected chi connectivity index (χ2v) is 11.4. The van der Waals surface area contributed by atoms with Crippen molar-refractivity contribution in [3.8, 4) is 0 Å². The summed E-state index contributed by atoms with van der Waals surface area (Å²) in [5.41, 5.74) is 9.54. The van der Waals surface area contributed by atoms with Gasteiger partial charge in [-0.15, -0.1) is 4.79 Å². The Hall–Kier alpha value is -1.78. The molecule has 0 aliphatic heterocycles. The first kappa shape index (κ1) is 26.5. The first-order chi connectivity index (χ1) is 15.5. The molecule has 0 N–H and O–H groups in total. The molecule has 1 aromatic carbocycles. The highest BCUT2D eigenvalue weighted by Gasteiger charge is 2.43. The number of carbonyl (C=O) groups excluding carboxylic acids is 1. The number of hydrogen-bond acceptors (Lipinski definition) is 3. The van der Waals surface area contributed by atoms with E-state index >= 15 is 0 Å². The van der Waals surface area contributed by atoms with E-state index in [1.54, 1.807) is 18.2 Å². The van der Waals surface area contributed by atoms with Gasteiger partial charge in [-0.1, -0.05) is 108 Å². The van der Waals surface area contributed by atoms with E-state index in [2.05, 4.69) is 11.7 Å². The summed E-state index contributed by atoms with van der Waals surface area (Å²) in [7, 11) is -3.94. The number of hydrogen-bond donors (Lipinski definition) is 0. The van der Waals surface area contributed by atoms with Gasteiger partial charge in [0.2, 0.25) is 0 Å². The topological polar surface area (TPSA) is 87.6 Å². The van der Waals surface area contributed by atoms with E-state index in [0.717, 1.165) is 19.3 Å². The van der Waals surface area contributed by atoms with Crippen LogP contribution in [0.15, 0.2) is 30.3 Å². The van der Waals surface area contributed by atoms with Crippen molar-refractivity contribution < 1.29 is 18.0 Å². The van der Waals surface area contributed by atoms with Crippen LogP contribution in [0.4, 0.5) is 0 Å². The zero-order valence-corrected chi connectivity index (χ0v) is 20.5. The lowest BCUT2D eigenvalue weighted by Gasteiger charge is -2.27. The van der Waals surface area contributed by atoms with Gasteiger partial charge in [0.1, 0.15) is 0 Å². The summed E-state index contributed by atoms with van der Waals surface area (Å²) < 4.78 is 25.9. The van der Waals surface area contributed by atoms with Crippen LogP contribution in [0.3, 0.4) is 0 Å². The van der Waals surface area contributed by atoms with Gasteiger partial charge in [-0.2, -0.15) is 0 Å². The third kappa shape index (κ3) is 8.29. The molecule has 1 aromatic rings. The summed E-state index contributed by atoms with van der Waals surface area (Å²) in [4.78, 5) is 15.5. The number of Topliss-reactive ketones (excluding diaryl/α,β-unsaturated/α-hetero) is 1. The maximum absolute atomic E-state index is 13.0. The van der Waals surface area contributed by atoms with Crippen LogP contribution in [-0.4, -0.2) is 29.3 Å². The van der Waals surface area contributed by atoms with Crippen molar-refractivity contribution in [2.45, 2.75) is 108 Å². The summed E-state index contributed by atoms with van der Waals surface area (Å²) in [6.07, 6.45) is 17.2. The average Bonchev–Trinajstić information content (AvgIpc) is 2.81. The molecule has 0 amide bonds. The summed E-state index contributed by atoms with van der Waals surface area (Å²) in [5, 5.41) is -1.35. The van der Waals surface area contributed by atoms with Gasteiger partial charge < -0.3 is 5.53 Å². The van der Waals surface area contributed by atoms with Crippen LogP contribution >= 0.6 is 0 Å². The number of unbranched alkanes of at least 4 members (excludes halogenated alkanes) is 9. The van der Waals surface area contributed by atoms with Crippen molar-refractivity contribution in [1.29, 1.82) is 0 Å². The molecule has 1 aliphatic carbocycles. The van der Waals surface area contributed by atoms with Crippen LogP contribution < -0.4 is 0 Å². The van der Waals surface area contributed by atoms with Gasteiger partial charge in [-0.05, 0) is 31.6 Å². The Labute approximate surface area is 194 Å². The van der Waals surface area contributed by atoms with Crippen molar-refractivity contribution >= 4 is 20.7 Å². The normalized spacial score (nSPS) is 18.8. The fourth-order valence-electron chi connectivity index (χ4n) is 4.75. The van der Waals surface area contributed by atoms with Gasteiger partial charge in [-0.3, -0.25) is 4.79 Å². The highest BCUT2D eigenvalue weighted by molar-refractivity contribution is 8.08. The molecule has 0 atom stereocenters. The maximum atomic E-state index is 13.0. The van der Waals surface area contributed by atoms with Crippen molar-refractivity contribution in [3.05, 3.63) is 41.4 Å². The molecule has 6 heteroatoms. The predicted molar refractivity (Wildman–Crippen MR) is 131 cm³/mol. The molecule has 0 bridgehead atoms. The lowest BCUT2D eigenvalue weighted by atomic mass is 9.85. The van der Waals surface area contributed by atoms with E-state index in [-0.39, 0.29) is 5.56 Å². The van der Waals surface area contributed by atoms with Crippen molar-refractivity contribution in [2.75, 3.05) is 0 Å². The lowest BCUT2D eigenvalue weighted by Crippen LogP contribution is -2.36. The second-order valence-electron chi connectivity index (χ2n) is 9.26. The highest BCUT2D eigenvalue weighted by Crippen LogP contribution is 2.32. The minimum absolute atomic E-state index is 0.221. The highest BCUT2D eigenvalue weighted by atomic mass is 32.2. The number of ketones is 1. The van der Waals surface area contributed by atoms with Crippen molar-refractivity contribution in [1.82, 2.24) is 0 Å². The Balaban J connectivity index is 1.69. The maximum Gasteiger partial charge on any atom is 0.452 e. The van der Waals surface area contributed by atoms with Gasteiger partial charge >= 0.3 is 5.04 Å². The van der Waals surface area contributed by atoms with E-state index in [1.807, 2.05) is 0 Å². The van der Waals surface area contributed by atoms with Crippen LogP contribution in [0, 0.1) is 5.92 Å². The summed E-state index contributed by atoms with van der Waals surface area (Å²) >= 11 is 0. The van der Waals surface area contributed by atoms with Crippen LogP contribution in [0.5, 0.6) is 0 Å². The fraction of sp³-hybridized carbons (Fsp3) is 0.692. The molecule has 0 unspecified atom stereocenters. The molecule has 0 radical (unpaired) electrons. The minimum atomic E-state index is -3.94. The quantitative estimate of drug-likeness (QED) is 0.0765. The Morgan fingerprint density at radius 1 is 0.875 bits per heavy atom. The zero-order valence-electron chi connectivity index (χ0n) is 19.7. The third-order valence-corrected chi connectivity index (χ3v) is 8.94. The zero-order chi connectivity index (χ0) is 23.2. The van der Waals surface area contributed by atoms with E-state index < -0.39 is 25.9 Å². The molecule has 1 aliphatic rings. The second kappa shape index (κ2) is 14.4. The molecule has 0 heterocycles. The minimum Gasteiger partial charge on any atom is -0.360 e. The number of rotatable bonds is 14. The van der Waals surface area contributed by atoms with Gasteiger partial charge in [0, 0.05) is 5.56 Å². The number of carbonyl (C=O) groups is 1. The van der Waals surface area contributed by atoms with Crippen molar-refractivity contribution in [3.63, 3.8) is 0 Å². The Morgan fingerprint density at radius 2 is 1.41 bits per heavy atom. The van der Waals surface area contributed by atoms with E-state index in [0.29, 0.717) is 18.8 Å². The molecular weight excluding hydrogens is 420 g/mol. The Morgan fingerprint density at radius 3 is 1.94 bits per heavy atom. The van der Waals surface area contributed by atoms with Crippen LogP contribution in [0.1, 0.15) is 114 Å². The van der Waals surface area contributed by atoms with E-state index in [1.165, 1.54) is 76.3 Å². The molecule has 5 nitrogen and oxygen atoms in total. The molecule has 1 fully saturated rings. The number of sulfone groups is 1. The first-order valence-electron chi connectivity index (χ1n) is 12.6. The van der Waals surface area contributed by atoms with Gasteiger partial charge in [0.15, 0.2) is 0 Å². The van der Waals surface area contributed by atoms with E-state index in [4.69, 9.17) is 0 Å². The van der Waals surface area contributed by atoms with Crippen LogP contribution in [-0.2, 0) is 9.84 Å². The summed E-state index contributed by atoms with van der Waals surface area (Å²) in [6, 6.07) is 8.14. The molecule has 1 saturated carbocycles. The molecule has 0 aromatic heterocycles. The first-order valence-corrected chi connectivity index (χ1v) is 14.1. The SMILES string of the molecule is CCCCCCCCCCCCC1CCC(S(=O)(=O)C(=[N+]=[N-])C(=O)c2ccccc2)CC1. The number of benzene rings is 1. The smallest absolute Gasteiger partial charge is 0.360 e. The Kier molecular flexibility index (Phi) is 11.9. The standard InChI is InChI=1S/C26H40N2O3S/c1-2-3-4-5-6-7-8-9-10-12-15-22-18-20-24(21-19-22)32(30,31)26(28-27)25(29)23-16-13-11-14-17-23/h11,13-14,16-17,22,24H,2-10,12,15,18-21H2,1H3. The van der Waals surface area contributed by atoms with Crippen molar-refractivity contribution in [2.24, 2.45) is 5.92 Å². The Bertz CT molecular complexity index is 837. The van der Waals surface area contributed by atoms with Crippen LogP contribution in [0.25, 0.3) is 5.53 Å². The molecule has 178 valence electrons. The van der Waals surface area contributed by atoms with Gasteiger partial charge in [0.25, 0.3) is 15.6 Å². The summed E-state index contributed by atoms with van der Waals surface area (Å²) in [5.74, 6) is -0.171. The van der Waals surface area contributed by atoms with Gasteiger partial charge in [-0.25, -0.2) is 8.42 Å². The third-order valence-electron chi connectivity index (χ3n) is 6.79. The van der Waals surface area contributed by atoms with Gasteiger partial charge in [0.05, 0.1) is 5.25 Å². The molecular formula is C26H40N2O3S. The largest absolute Gasteiger partial charge is 0.452 e. The number of nitrogens with zero attached hydrogens (tertiary/aromatic N) is 2. The molecule has 32 heavy (non-hydrogen) atoms. The predicted octanol–water partition coefficient (Wildman–Crippen LogP) is 6.78. The fourth-order valence-corrected chi connectivity index (χ4v) is 6.45. The van der Waals surface area contributed by atoms with Crippen LogP contribution in [0.2, 0.25) is 0 Å². The molecule has 0 saturated heterocycles. The molecule has 2 rings (SSSR count). The van der Waals surface area contributed by atoms with E-state index in [9.17, 15) is 18.7 Å². The molecule has 0 spiro atoms. The monoisotopic (exact) mass is 460 g/mol.